The molecule has 1 fully saturated rings. The molecule has 34 heavy (non-hydrogen) atoms. The number of carbonyl (C=O) groups excluding carboxylic acids is 1. The molecule has 3 rings (SSSR count). The van der Waals surface area contributed by atoms with Crippen LogP contribution in [-0.4, -0.2) is 19.1 Å². The number of hydrogen-bond acceptors (Lipinski definition) is 3. The zero-order valence-corrected chi connectivity index (χ0v) is 19.5. The summed E-state index contributed by atoms with van der Waals surface area (Å²) < 4.78 is 102. The molecule has 1 aliphatic carbocycles. The van der Waals surface area contributed by atoms with Crippen LogP contribution in [0.1, 0.15) is 37.8 Å². The van der Waals surface area contributed by atoms with Crippen molar-refractivity contribution in [3.8, 4) is 0 Å². The van der Waals surface area contributed by atoms with Gasteiger partial charge in [0.05, 0.1) is 31.5 Å². The number of halogens is 7. The van der Waals surface area contributed by atoms with E-state index in [4.69, 9.17) is 11.6 Å². The van der Waals surface area contributed by atoms with Crippen LogP contribution in [0.3, 0.4) is 0 Å². The van der Waals surface area contributed by atoms with Crippen LogP contribution in [0.5, 0.6) is 0 Å². The van der Waals surface area contributed by atoms with Gasteiger partial charge in [0.15, 0.2) is 9.84 Å². The third-order valence-corrected chi connectivity index (χ3v) is 9.12. The third kappa shape index (κ3) is 5.05. The van der Waals surface area contributed by atoms with E-state index in [1.54, 1.807) is 0 Å². The molecule has 0 aliphatic heterocycles. The minimum atomic E-state index is -4.70. The number of alkyl halides is 6. The van der Waals surface area contributed by atoms with Crippen LogP contribution in [0.25, 0.3) is 0 Å². The molecular formula is C22H20ClF6NO3S. The average molecular weight is 528 g/mol. The topological polar surface area (TPSA) is 63.2 Å². The van der Waals surface area contributed by atoms with Crippen molar-refractivity contribution in [1.29, 1.82) is 0 Å². The highest BCUT2D eigenvalue weighted by Gasteiger charge is 2.50. The maximum atomic E-state index is 13.1. The molecule has 0 heterocycles. The molecule has 2 aromatic rings. The van der Waals surface area contributed by atoms with Crippen molar-refractivity contribution in [3.05, 3.63) is 58.6 Å². The van der Waals surface area contributed by atoms with Crippen molar-refractivity contribution in [2.75, 3.05) is 5.32 Å². The van der Waals surface area contributed by atoms with E-state index < -0.39 is 60.7 Å². The second-order valence-electron chi connectivity index (χ2n) is 8.68. The lowest BCUT2D eigenvalue weighted by Crippen LogP contribution is -2.49. The molecule has 0 aromatic heterocycles. The normalized spacial score (nSPS) is 19.4. The van der Waals surface area contributed by atoms with Crippen LogP contribution in [0.4, 0.5) is 32.0 Å². The van der Waals surface area contributed by atoms with E-state index in [1.165, 1.54) is 13.8 Å². The summed E-state index contributed by atoms with van der Waals surface area (Å²) in [5, 5.41) is 2.15. The number of rotatable bonds is 5. The van der Waals surface area contributed by atoms with Crippen LogP contribution < -0.4 is 5.32 Å². The Morgan fingerprint density at radius 2 is 1.50 bits per heavy atom. The van der Waals surface area contributed by atoms with Gasteiger partial charge in [-0.2, -0.15) is 26.3 Å². The standard InChI is InChI=1S/C22H20ClF6NO3S/c1-20(2,34(32,33)16-5-3-4-13(10-16)21(24,25)26)15-8-12(9-15)19(31)30-18-7-6-14(11-17(18)23)22(27,28)29/h3-7,10-12,15H,8-9H2,1-2H3,(H,30,31). The lowest BCUT2D eigenvalue weighted by Gasteiger charge is -2.44. The van der Waals surface area contributed by atoms with Gasteiger partial charge < -0.3 is 5.32 Å². The molecule has 0 bridgehead atoms. The highest BCUT2D eigenvalue weighted by molar-refractivity contribution is 7.92. The maximum absolute atomic E-state index is 13.1. The first kappa shape index (κ1) is 26.3. The lowest BCUT2D eigenvalue weighted by atomic mass is 9.68. The summed E-state index contributed by atoms with van der Waals surface area (Å²) in [6.45, 7) is 2.79. The van der Waals surface area contributed by atoms with Gasteiger partial charge in [0, 0.05) is 5.92 Å². The van der Waals surface area contributed by atoms with Crippen molar-refractivity contribution in [1.82, 2.24) is 0 Å². The zero-order valence-electron chi connectivity index (χ0n) is 17.9. The van der Waals surface area contributed by atoms with Crippen molar-refractivity contribution in [2.45, 2.75) is 48.7 Å². The predicted octanol–water partition coefficient (Wildman–Crippen LogP) is 6.59. The fraction of sp³-hybridized carbons (Fsp3) is 0.409. The Hall–Kier alpha value is -2.27. The van der Waals surface area contributed by atoms with Crippen molar-refractivity contribution < 1.29 is 39.6 Å². The van der Waals surface area contributed by atoms with E-state index in [0.717, 1.165) is 30.3 Å². The average Bonchev–Trinajstić information content (AvgIpc) is 2.66. The summed E-state index contributed by atoms with van der Waals surface area (Å²) in [6.07, 6.45) is -9.02. The number of anilines is 1. The summed E-state index contributed by atoms with van der Waals surface area (Å²) in [6, 6.07) is 5.98. The van der Waals surface area contributed by atoms with E-state index in [2.05, 4.69) is 5.32 Å². The predicted molar refractivity (Wildman–Crippen MR) is 114 cm³/mol. The molecule has 1 amide bonds. The van der Waals surface area contributed by atoms with Crippen molar-refractivity contribution in [3.63, 3.8) is 0 Å². The van der Waals surface area contributed by atoms with Crippen LogP contribution in [0.2, 0.25) is 5.02 Å². The van der Waals surface area contributed by atoms with Crippen LogP contribution in [0, 0.1) is 11.8 Å². The van der Waals surface area contributed by atoms with Crippen LogP contribution >= 0.6 is 11.6 Å². The Morgan fingerprint density at radius 1 is 0.941 bits per heavy atom. The van der Waals surface area contributed by atoms with Gasteiger partial charge in [-0.25, -0.2) is 8.42 Å². The quantitative estimate of drug-likeness (QED) is 0.446. The van der Waals surface area contributed by atoms with Crippen LogP contribution in [-0.2, 0) is 27.0 Å². The van der Waals surface area contributed by atoms with Gasteiger partial charge in [-0.05, 0) is 69.0 Å². The molecule has 1 N–H and O–H groups in total. The second-order valence-corrected chi connectivity index (χ2v) is 11.6. The Kier molecular flexibility index (Phi) is 6.77. The number of hydrogen-bond donors (Lipinski definition) is 1. The SMILES string of the molecule is CC(C)(C1CC(C(=O)Nc2ccc(C(F)(F)F)cc2Cl)C1)S(=O)(=O)c1cccc(C(F)(F)F)c1. The number of benzene rings is 2. The minimum Gasteiger partial charge on any atom is -0.325 e. The van der Waals surface area contributed by atoms with Gasteiger partial charge in [-0.15, -0.1) is 0 Å². The first-order chi connectivity index (χ1) is 15.4. The summed E-state index contributed by atoms with van der Waals surface area (Å²) in [5.41, 5.74) is -2.07. The number of amides is 1. The molecule has 0 unspecified atom stereocenters. The molecule has 12 heteroatoms. The molecule has 0 radical (unpaired) electrons. The zero-order chi connectivity index (χ0) is 25.7. The molecule has 4 nitrogen and oxygen atoms in total. The molecular weight excluding hydrogens is 508 g/mol. The van der Waals surface area contributed by atoms with E-state index in [0.29, 0.717) is 12.1 Å². The Balaban J connectivity index is 1.70. The summed E-state index contributed by atoms with van der Waals surface area (Å²) in [4.78, 5) is 12.0. The Labute approximate surface area is 197 Å². The van der Waals surface area contributed by atoms with Crippen LogP contribution in [0.15, 0.2) is 47.4 Å². The van der Waals surface area contributed by atoms with Gasteiger partial charge in [-0.3, -0.25) is 4.79 Å². The van der Waals surface area contributed by atoms with Gasteiger partial charge in [0.1, 0.15) is 0 Å². The highest BCUT2D eigenvalue weighted by atomic mass is 35.5. The molecule has 1 saturated carbocycles. The number of nitrogens with one attached hydrogen (secondary N) is 1. The first-order valence-corrected chi connectivity index (χ1v) is 11.9. The molecule has 0 atom stereocenters. The summed E-state index contributed by atoms with van der Waals surface area (Å²) >= 11 is 5.85. The summed E-state index contributed by atoms with van der Waals surface area (Å²) in [7, 11) is -4.17. The largest absolute Gasteiger partial charge is 0.416 e. The van der Waals surface area contributed by atoms with E-state index >= 15 is 0 Å². The van der Waals surface area contributed by atoms with Gasteiger partial charge in [0.2, 0.25) is 5.91 Å². The minimum absolute atomic E-state index is 0.0148. The fourth-order valence-corrected chi connectivity index (χ4v) is 5.80. The highest BCUT2D eigenvalue weighted by Crippen LogP contribution is 2.47. The van der Waals surface area contributed by atoms with Gasteiger partial charge in [-0.1, -0.05) is 17.7 Å². The Bertz CT molecular complexity index is 1200. The molecule has 0 spiro atoms. The lowest BCUT2D eigenvalue weighted by molar-refractivity contribution is -0.138. The number of sulfone groups is 1. The summed E-state index contributed by atoms with van der Waals surface area (Å²) in [5.74, 6) is -1.68. The molecule has 186 valence electrons. The smallest absolute Gasteiger partial charge is 0.325 e. The van der Waals surface area contributed by atoms with E-state index in [9.17, 15) is 39.6 Å². The number of carbonyl (C=O) groups is 1. The monoisotopic (exact) mass is 527 g/mol. The van der Waals surface area contributed by atoms with Crippen molar-refractivity contribution in [2.24, 2.45) is 11.8 Å². The van der Waals surface area contributed by atoms with E-state index in [-0.39, 0.29) is 23.6 Å². The van der Waals surface area contributed by atoms with Crippen molar-refractivity contribution >= 4 is 33.0 Å². The first-order valence-electron chi connectivity index (χ1n) is 10.0. The molecule has 1 aliphatic rings. The second kappa shape index (κ2) is 8.75. The molecule has 2 aromatic carbocycles. The van der Waals surface area contributed by atoms with E-state index in [1.807, 2.05) is 0 Å². The Morgan fingerprint density at radius 3 is 2.03 bits per heavy atom. The van der Waals surface area contributed by atoms with Gasteiger partial charge >= 0.3 is 12.4 Å². The third-order valence-electron chi connectivity index (χ3n) is 6.21. The maximum Gasteiger partial charge on any atom is 0.416 e. The fourth-order valence-electron chi connectivity index (χ4n) is 3.79. The van der Waals surface area contributed by atoms with Gasteiger partial charge in [0.25, 0.3) is 0 Å². The molecule has 0 saturated heterocycles.